The molecule has 0 spiro atoms. The molecule has 0 saturated carbocycles. The van der Waals surface area contributed by atoms with E-state index < -0.39 is 0 Å². The molecule has 2 aliphatic heterocycles. The van der Waals surface area contributed by atoms with E-state index in [-0.39, 0.29) is 0 Å². The number of likely N-dealkylation sites (N-methyl/N-ethyl adjacent to an activating group) is 1. The average Bonchev–Trinajstić information content (AvgIpc) is 3.13. The molecule has 7 nitrogen and oxygen atoms in total. The number of hydrogen-bond acceptors (Lipinski definition) is 5. The topological polar surface area (TPSA) is 52.6 Å². The van der Waals surface area contributed by atoms with Gasteiger partial charge in [-0.15, -0.1) is 0 Å². The van der Waals surface area contributed by atoms with Crippen molar-refractivity contribution in [2.24, 2.45) is 4.99 Å². The quantitative estimate of drug-likeness (QED) is 0.600. The lowest BCUT2D eigenvalue weighted by molar-refractivity contribution is 0.170. The van der Waals surface area contributed by atoms with Gasteiger partial charge < -0.3 is 24.6 Å². The molecule has 7 heteroatoms. The van der Waals surface area contributed by atoms with E-state index in [0.717, 1.165) is 63.3 Å². The molecule has 150 valence electrons. The Bertz CT molecular complexity index is 641. The minimum atomic E-state index is 0.330. The Balaban J connectivity index is 1.43. The van der Waals surface area contributed by atoms with Crippen molar-refractivity contribution in [2.75, 3.05) is 60.2 Å². The first-order valence-corrected chi connectivity index (χ1v) is 9.83. The Kier molecular flexibility index (Phi) is 6.79. The van der Waals surface area contributed by atoms with Gasteiger partial charge in [0.25, 0.3) is 0 Å². The first-order valence-electron chi connectivity index (χ1n) is 9.83. The Labute approximate surface area is 162 Å². The standard InChI is InChI=1S/C20H33N5O2/c1-16(2)23(4)8-7-22-20(21-3)25-11-9-24(10-12-25)14-17-5-6-18-19(13-17)27-15-26-18/h5-6,13,16H,7-12,14-15H2,1-4H3,(H,21,22). The summed E-state index contributed by atoms with van der Waals surface area (Å²) in [5.41, 5.74) is 1.27. The van der Waals surface area contributed by atoms with Crippen molar-refractivity contribution >= 4 is 5.96 Å². The monoisotopic (exact) mass is 375 g/mol. The Hall–Kier alpha value is -1.99. The lowest BCUT2D eigenvalue weighted by Gasteiger charge is -2.36. The molecular weight excluding hydrogens is 342 g/mol. The zero-order valence-electron chi connectivity index (χ0n) is 17.1. The summed E-state index contributed by atoms with van der Waals surface area (Å²) in [6, 6.07) is 6.80. The van der Waals surface area contributed by atoms with E-state index >= 15 is 0 Å². The Morgan fingerprint density at radius 1 is 1.19 bits per heavy atom. The molecule has 0 aromatic heterocycles. The van der Waals surface area contributed by atoms with E-state index in [1.54, 1.807) is 0 Å². The molecule has 1 N–H and O–H groups in total. The minimum absolute atomic E-state index is 0.330. The molecule has 0 atom stereocenters. The van der Waals surface area contributed by atoms with Crippen molar-refractivity contribution in [3.8, 4) is 11.5 Å². The van der Waals surface area contributed by atoms with Crippen molar-refractivity contribution < 1.29 is 9.47 Å². The van der Waals surface area contributed by atoms with Crippen LogP contribution in [0.15, 0.2) is 23.2 Å². The Morgan fingerprint density at radius 2 is 1.93 bits per heavy atom. The molecule has 2 heterocycles. The smallest absolute Gasteiger partial charge is 0.231 e. The number of ether oxygens (including phenoxy) is 2. The molecule has 1 aromatic rings. The van der Waals surface area contributed by atoms with Crippen LogP contribution in [0, 0.1) is 0 Å². The molecule has 1 saturated heterocycles. The van der Waals surface area contributed by atoms with E-state index in [0.29, 0.717) is 12.8 Å². The highest BCUT2D eigenvalue weighted by Gasteiger charge is 2.21. The van der Waals surface area contributed by atoms with Crippen molar-refractivity contribution in [3.05, 3.63) is 23.8 Å². The zero-order valence-corrected chi connectivity index (χ0v) is 17.1. The number of piperazine rings is 1. The van der Waals surface area contributed by atoms with Gasteiger partial charge in [0.1, 0.15) is 0 Å². The fraction of sp³-hybridized carbons (Fsp3) is 0.650. The molecule has 0 radical (unpaired) electrons. The van der Waals surface area contributed by atoms with Gasteiger partial charge in [0.05, 0.1) is 0 Å². The van der Waals surface area contributed by atoms with Gasteiger partial charge in [0, 0.05) is 58.9 Å². The second-order valence-corrected chi connectivity index (χ2v) is 7.50. The maximum Gasteiger partial charge on any atom is 0.231 e. The van der Waals surface area contributed by atoms with Crippen molar-refractivity contribution in [2.45, 2.75) is 26.4 Å². The lowest BCUT2D eigenvalue weighted by Crippen LogP contribution is -2.53. The largest absolute Gasteiger partial charge is 0.454 e. The first-order chi connectivity index (χ1) is 13.1. The van der Waals surface area contributed by atoms with E-state index in [4.69, 9.17) is 9.47 Å². The average molecular weight is 376 g/mol. The second-order valence-electron chi connectivity index (χ2n) is 7.50. The molecule has 27 heavy (non-hydrogen) atoms. The highest BCUT2D eigenvalue weighted by atomic mass is 16.7. The molecule has 0 amide bonds. The van der Waals surface area contributed by atoms with Crippen LogP contribution in [0.2, 0.25) is 0 Å². The van der Waals surface area contributed by atoms with Crippen molar-refractivity contribution in [1.82, 2.24) is 20.0 Å². The third-order valence-electron chi connectivity index (χ3n) is 5.36. The SMILES string of the molecule is CN=C(NCCN(C)C(C)C)N1CCN(Cc2ccc3c(c2)OCO3)CC1. The molecule has 0 unspecified atom stereocenters. The van der Waals surface area contributed by atoms with Crippen LogP contribution in [0.5, 0.6) is 11.5 Å². The van der Waals surface area contributed by atoms with Gasteiger partial charge in [-0.2, -0.15) is 0 Å². The first kappa shape index (κ1) is 19.8. The summed E-state index contributed by atoms with van der Waals surface area (Å²) in [6.07, 6.45) is 0. The number of rotatable bonds is 6. The van der Waals surface area contributed by atoms with Crippen LogP contribution in [-0.4, -0.2) is 86.9 Å². The summed E-state index contributed by atoms with van der Waals surface area (Å²) in [5.74, 6) is 2.72. The van der Waals surface area contributed by atoms with Crippen molar-refractivity contribution in [1.29, 1.82) is 0 Å². The summed E-state index contributed by atoms with van der Waals surface area (Å²) in [6.45, 7) is 11.7. The van der Waals surface area contributed by atoms with Gasteiger partial charge in [-0.3, -0.25) is 9.89 Å². The Morgan fingerprint density at radius 3 is 2.63 bits per heavy atom. The van der Waals surface area contributed by atoms with Gasteiger partial charge in [-0.05, 0) is 38.6 Å². The predicted molar refractivity (Wildman–Crippen MR) is 109 cm³/mol. The van der Waals surface area contributed by atoms with Crippen LogP contribution in [0.3, 0.4) is 0 Å². The van der Waals surface area contributed by atoms with Crippen LogP contribution < -0.4 is 14.8 Å². The van der Waals surface area contributed by atoms with Crippen LogP contribution in [-0.2, 0) is 6.54 Å². The fourth-order valence-corrected chi connectivity index (χ4v) is 3.35. The highest BCUT2D eigenvalue weighted by Crippen LogP contribution is 2.32. The van der Waals surface area contributed by atoms with E-state index in [1.165, 1.54) is 5.56 Å². The summed E-state index contributed by atoms with van der Waals surface area (Å²) in [4.78, 5) is 11.6. The normalized spacial score (nSPS) is 17.9. The van der Waals surface area contributed by atoms with E-state index in [2.05, 4.69) is 58.0 Å². The summed E-state index contributed by atoms with van der Waals surface area (Å²) >= 11 is 0. The fourth-order valence-electron chi connectivity index (χ4n) is 3.35. The molecule has 3 rings (SSSR count). The molecule has 1 aromatic carbocycles. The van der Waals surface area contributed by atoms with Crippen molar-refractivity contribution in [3.63, 3.8) is 0 Å². The van der Waals surface area contributed by atoms with Crippen LogP contribution in [0.4, 0.5) is 0 Å². The van der Waals surface area contributed by atoms with Gasteiger partial charge in [-0.25, -0.2) is 0 Å². The molecule has 1 fully saturated rings. The number of guanidine groups is 1. The minimum Gasteiger partial charge on any atom is -0.454 e. The van der Waals surface area contributed by atoms with E-state index in [9.17, 15) is 0 Å². The number of benzene rings is 1. The van der Waals surface area contributed by atoms with Gasteiger partial charge >= 0.3 is 0 Å². The predicted octanol–water partition coefficient (Wildman–Crippen LogP) is 1.45. The van der Waals surface area contributed by atoms with E-state index in [1.807, 2.05) is 13.1 Å². The van der Waals surface area contributed by atoms with Gasteiger partial charge in [0.15, 0.2) is 17.5 Å². The molecule has 2 aliphatic rings. The lowest BCUT2D eigenvalue weighted by atomic mass is 10.1. The van der Waals surface area contributed by atoms with Crippen LogP contribution in [0.25, 0.3) is 0 Å². The summed E-state index contributed by atoms with van der Waals surface area (Å²) in [5, 5.41) is 3.50. The number of nitrogens with one attached hydrogen (secondary N) is 1. The maximum absolute atomic E-state index is 5.48. The molecule has 0 aliphatic carbocycles. The van der Waals surface area contributed by atoms with Crippen LogP contribution >= 0.6 is 0 Å². The number of hydrogen-bond donors (Lipinski definition) is 1. The van der Waals surface area contributed by atoms with Crippen LogP contribution in [0.1, 0.15) is 19.4 Å². The molecular formula is C20H33N5O2. The highest BCUT2D eigenvalue weighted by molar-refractivity contribution is 5.80. The second kappa shape index (κ2) is 9.28. The number of nitrogens with zero attached hydrogens (tertiary/aromatic N) is 4. The third kappa shape index (κ3) is 5.26. The zero-order chi connectivity index (χ0) is 19.2. The number of fused-ring (bicyclic) bond motifs is 1. The van der Waals surface area contributed by atoms with Gasteiger partial charge in [0.2, 0.25) is 6.79 Å². The van der Waals surface area contributed by atoms with Gasteiger partial charge in [-0.1, -0.05) is 6.07 Å². The summed E-state index contributed by atoms with van der Waals surface area (Å²) < 4.78 is 10.9. The third-order valence-corrected chi connectivity index (χ3v) is 5.36. The molecule has 0 bridgehead atoms. The maximum atomic E-state index is 5.48. The number of aliphatic imine (C=N–C) groups is 1. The summed E-state index contributed by atoms with van der Waals surface area (Å²) in [7, 11) is 4.03.